The molecule has 0 saturated heterocycles. The number of carbonyl (C=O) groups excluding carboxylic acids is 3. The lowest BCUT2D eigenvalue weighted by atomic mass is 10.0. The van der Waals surface area contributed by atoms with Crippen molar-refractivity contribution in [2.45, 2.75) is 13.5 Å². The first kappa shape index (κ1) is 24.9. The lowest BCUT2D eigenvalue weighted by Gasteiger charge is -2.22. The molecule has 3 aromatic carbocycles. The molecule has 4 aromatic rings. The maximum atomic E-state index is 12.9. The molecular weight excluding hydrogens is 470 g/mol. The minimum atomic E-state index is -0.571. The van der Waals surface area contributed by atoms with Gasteiger partial charge in [0.25, 0.3) is 5.91 Å². The summed E-state index contributed by atoms with van der Waals surface area (Å²) in [6.07, 6.45) is 1.39. The number of anilines is 1. The number of hydrogen-bond acceptors (Lipinski definition) is 6. The monoisotopic (exact) mass is 493 g/mol. The third-order valence-electron chi connectivity index (χ3n) is 5.74. The Morgan fingerprint density at radius 3 is 2.51 bits per heavy atom. The number of nitrogens with zero attached hydrogens (tertiary/aromatic N) is 2. The molecule has 1 heterocycles. The van der Waals surface area contributed by atoms with Gasteiger partial charge in [-0.25, -0.2) is 0 Å². The number of benzene rings is 3. The smallest absolute Gasteiger partial charge is 0.251 e. The molecule has 2 amide bonds. The zero-order chi connectivity index (χ0) is 26.4. The molecule has 0 saturated carbocycles. The second kappa shape index (κ2) is 11.1. The third kappa shape index (κ3) is 5.74. The largest absolute Gasteiger partial charge is 0.507 e. The molecule has 0 unspecified atom stereocenters. The van der Waals surface area contributed by atoms with E-state index in [-0.39, 0.29) is 35.1 Å². The second-order valence-electron chi connectivity index (χ2n) is 8.25. The van der Waals surface area contributed by atoms with E-state index in [1.165, 1.54) is 31.4 Å². The molecule has 0 radical (unpaired) electrons. The van der Waals surface area contributed by atoms with Gasteiger partial charge in [-0.2, -0.15) is 5.26 Å². The van der Waals surface area contributed by atoms with Crippen LogP contribution in [0.15, 0.2) is 89.5 Å². The molecule has 0 aliphatic rings. The average Bonchev–Trinajstić information content (AvgIpc) is 3.41. The van der Waals surface area contributed by atoms with Gasteiger partial charge < -0.3 is 19.7 Å². The number of carbonyl (C=O) groups is 3. The van der Waals surface area contributed by atoms with Crippen molar-refractivity contribution in [3.63, 3.8) is 0 Å². The third-order valence-corrected chi connectivity index (χ3v) is 5.74. The molecule has 0 bridgehead atoms. The molecule has 2 N–H and O–H groups in total. The Kier molecular flexibility index (Phi) is 7.45. The van der Waals surface area contributed by atoms with Crippen LogP contribution >= 0.6 is 0 Å². The Hall–Kier alpha value is -5.16. The quantitative estimate of drug-likeness (QED) is 0.343. The summed E-state index contributed by atoms with van der Waals surface area (Å²) < 4.78 is 5.46. The highest BCUT2D eigenvalue weighted by atomic mass is 16.3. The van der Waals surface area contributed by atoms with E-state index in [1.807, 2.05) is 48.5 Å². The highest BCUT2D eigenvalue weighted by Crippen LogP contribution is 2.29. The van der Waals surface area contributed by atoms with Crippen molar-refractivity contribution in [1.82, 2.24) is 5.32 Å². The van der Waals surface area contributed by atoms with Crippen molar-refractivity contribution >= 4 is 23.3 Å². The number of phenols is 1. The number of amides is 2. The minimum Gasteiger partial charge on any atom is -0.507 e. The van der Waals surface area contributed by atoms with E-state index in [9.17, 15) is 19.5 Å². The van der Waals surface area contributed by atoms with Crippen LogP contribution in [0.5, 0.6) is 5.75 Å². The van der Waals surface area contributed by atoms with Gasteiger partial charge in [0.15, 0.2) is 5.76 Å². The molecule has 8 nitrogen and oxygen atoms in total. The predicted molar refractivity (Wildman–Crippen MR) is 137 cm³/mol. The van der Waals surface area contributed by atoms with Gasteiger partial charge in [-0.15, -0.1) is 0 Å². The summed E-state index contributed by atoms with van der Waals surface area (Å²) in [7, 11) is 0. The summed E-state index contributed by atoms with van der Waals surface area (Å²) in [4.78, 5) is 39.5. The van der Waals surface area contributed by atoms with Crippen molar-refractivity contribution in [2.24, 2.45) is 0 Å². The van der Waals surface area contributed by atoms with Crippen LogP contribution < -0.4 is 10.2 Å². The van der Waals surface area contributed by atoms with E-state index >= 15 is 0 Å². The summed E-state index contributed by atoms with van der Waals surface area (Å²) in [6.45, 7) is 1.56. The van der Waals surface area contributed by atoms with Gasteiger partial charge in [-0.05, 0) is 47.5 Å². The number of ketones is 1. The van der Waals surface area contributed by atoms with Gasteiger partial charge in [-0.1, -0.05) is 42.5 Å². The first-order valence-corrected chi connectivity index (χ1v) is 11.4. The molecule has 37 heavy (non-hydrogen) atoms. The number of hydrogen-bond donors (Lipinski definition) is 2. The summed E-state index contributed by atoms with van der Waals surface area (Å²) in [5.41, 5.74) is 2.95. The zero-order valence-electron chi connectivity index (χ0n) is 20.0. The van der Waals surface area contributed by atoms with Crippen molar-refractivity contribution < 1.29 is 23.9 Å². The summed E-state index contributed by atoms with van der Waals surface area (Å²) in [6, 6.07) is 24.2. The van der Waals surface area contributed by atoms with E-state index in [4.69, 9.17) is 9.68 Å². The van der Waals surface area contributed by atoms with Crippen LogP contribution in [0, 0.1) is 11.3 Å². The Balaban J connectivity index is 1.51. The second-order valence-corrected chi connectivity index (χ2v) is 8.25. The minimum absolute atomic E-state index is 0.0425. The molecule has 0 aliphatic heterocycles. The van der Waals surface area contributed by atoms with Crippen molar-refractivity contribution in [3.8, 4) is 22.9 Å². The summed E-state index contributed by atoms with van der Waals surface area (Å²) >= 11 is 0. The maximum Gasteiger partial charge on any atom is 0.251 e. The van der Waals surface area contributed by atoms with Gasteiger partial charge in [0.1, 0.15) is 11.8 Å². The molecule has 1 aromatic heterocycles. The maximum absolute atomic E-state index is 12.9. The molecule has 0 spiro atoms. The fraction of sp³-hybridized carbons (Fsp3) is 0.103. The van der Waals surface area contributed by atoms with Crippen molar-refractivity contribution in [1.29, 1.82) is 5.26 Å². The number of nitriles is 1. The van der Waals surface area contributed by atoms with Crippen LogP contribution in [0.1, 0.15) is 39.0 Å². The molecule has 0 aliphatic carbocycles. The highest BCUT2D eigenvalue weighted by molar-refractivity contribution is 6.04. The van der Waals surface area contributed by atoms with Gasteiger partial charge >= 0.3 is 0 Å². The number of rotatable bonds is 8. The molecule has 4 rings (SSSR count). The highest BCUT2D eigenvalue weighted by Gasteiger charge is 2.20. The molecular formula is C29H23N3O5. The summed E-state index contributed by atoms with van der Waals surface area (Å²) in [5.74, 6) is -1.31. The normalized spacial score (nSPS) is 10.4. The number of furan rings is 1. The van der Waals surface area contributed by atoms with E-state index < -0.39 is 11.7 Å². The Morgan fingerprint density at radius 2 is 1.78 bits per heavy atom. The van der Waals surface area contributed by atoms with Crippen LogP contribution in [0.4, 0.5) is 5.69 Å². The predicted octanol–water partition coefficient (Wildman–Crippen LogP) is 4.69. The number of nitrogens with one attached hydrogen (secondary N) is 1. The van der Waals surface area contributed by atoms with Gasteiger partial charge in [-0.3, -0.25) is 14.4 Å². The standard InChI is InChI=1S/C29H23N3O5/c1-19(33)32(18-20-6-3-2-4-7-20)24-9-5-8-21(15-24)25-12-13-37-28(25)27(35)17-31-29(36)22-10-11-26(34)23(14-22)16-30/h2-15,34H,17-18H2,1H3,(H,31,36). The number of aromatic hydroxyl groups is 1. The fourth-order valence-electron chi connectivity index (χ4n) is 3.85. The average molecular weight is 494 g/mol. The van der Waals surface area contributed by atoms with Crippen LogP contribution in [0.2, 0.25) is 0 Å². The van der Waals surface area contributed by atoms with Gasteiger partial charge in [0.2, 0.25) is 11.7 Å². The topological polar surface area (TPSA) is 124 Å². The van der Waals surface area contributed by atoms with Crippen molar-refractivity contribution in [3.05, 3.63) is 108 Å². The molecule has 0 atom stereocenters. The van der Waals surface area contributed by atoms with E-state index in [2.05, 4.69) is 5.32 Å². The lowest BCUT2D eigenvalue weighted by Crippen LogP contribution is -2.29. The summed E-state index contributed by atoms with van der Waals surface area (Å²) in [5, 5.41) is 21.2. The molecule has 0 fully saturated rings. The van der Waals surface area contributed by atoms with Crippen LogP contribution in [0.25, 0.3) is 11.1 Å². The van der Waals surface area contributed by atoms with Crippen LogP contribution in [-0.2, 0) is 11.3 Å². The number of Topliss-reactive ketones (excluding diaryl/α,β-unsaturated/α-hetero) is 1. The zero-order valence-corrected chi connectivity index (χ0v) is 20.0. The lowest BCUT2D eigenvalue weighted by molar-refractivity contribution is -0.116. The van der Waals surface area contributed by atoms with Gasteiger partial charge in [0.05, 0.1) is 24.9 Å². The molecule has 184 valence electrons. The molecule has 8 heteroatoms. The van der Waals surface area contributed by atoms with E-state index in [1.54, 1.807) is 23.1 Å². The first-order valence-electron chi connectivity index (χ1n) is 11.4. The van der Waals surface area contributed by atoms with E-state index in [0.29, 0.717) is 23.4 Å². The van der Waals surface area contributed by atoms with Crippen LogP contribution in [-0.4, -0.2) is 29.2 Å². The fourth-order valence-corrected chi connectivity index (χ4v) is 3.85. The van der Waals surface area contributed by atoms with Crippen molar-refractivity contribution in [2.75, 3.05) is 11.4 Å². The SMILES string of the molecule is CC(=O)N(Cc1ccccc1)c1cccc(-c2ccoc2C(=O)CNC(=O)c2ccc(O)c(C#N)c2)c1. The Labute approximate surface area is 213 Å². The van der Waals surface area contributed by atoms with Gasteiger partial charge in [0, 0.05) is 23.7 Å². The van der Waals surface area contributed by atoms with Crippen LogP contribution in [0.3, 0.4) is 0 Å². The van der Waals surface area contributed by atoms with E-state index in [0.717, 1.165) is 5.56 Å². The Morgan fingerprint density at radius 1 is 1.00 bits per heavy atom. The first-order chi connectivity index (χ1) is 17.9. The Bertz CT molecular complexity index is 1500. The number of phenolic OH excluding ortho intramolecular Hbond substituents is 1.